The number of carbonyl (C=O) groups excluding carboxylic acids is 2. The Labute approximate surface area is 337 Å². The topological polar surface area (TPSA) is 126 Å². The average molecular weight is 771 g/mol. The van der Waals surface area contributed by atoms with Crippen LogP contribution in [0.4, 0.5) is 17.1 Å². The number of amides is 2. The minimum absolute atomic E-state index is 0.00150. The van der Waals surface area contributed by atoms with Crippen LogP contribution in [0, 0.1) is 0 Å². The van der Waals surface area contributed by atoms with E-state index in [9.17, 15) is 14.7 Å². The second-order valence-corrected chi connectivity index (χ2v) is 15.6. The molecule has 0 bridgehead atoms. The van der Waals surface area contributed by atoms with Crippen molar-refractivity contribution < 1.29 is 24.2 Å². The van der Waals surface area contributed by atoms with Crippen molar-refractivity contribution in [3.8, 4) is 0 Å². The molecule has 9 nitrogen and oxygen atoms in total. The highest BCUT2D eigenvalue weighted by molar-refractivity contribution is 5.93. The third-order valence-electron chi connectivity index (χ3n) is 10.7. The Kier molecular flexibility index (Phi) is 21.0. The highest BCUT2D eigenvalue weighted by atomic mass is 16.7. The first-order valence-electron chi connectivity index (χ1n) is 21.7. The molecule has 0 spiro atoms. The van der Waals surface area contributed by atoms with Gasteiger partial charge in [-0.3, -0.25) is 9.59 Å². The molecule has 1 fully saturated rings. The van der Waals surface area contributed by atoms with Gasteiger partial charge in [0.1, 0.15) is 0 Å². The molecule has 4 rings (SSSR count). The zero-order valence-electron chi connectivity index (χ0n) is 34.3. The normalized spacial score (nSPS) is 16.9. The fourth-order valence-electron chi connectivity index (χ4n) is 7.37. The Morgan fingerprint density at radius 3 is 1.84 bits per heavy atom. The van der Waals surface area contributed by atoms with E-state index in [4.69, 9.17) is 15.2 Å². The largest absolute Gasteiger partial charge is 0.397 e. The number of anilines is 3. The minimum atomic E-state index is -0.540. The Bertz CT molecular complexity index is 1520. The number of carbonyl (C=O) groups is 2. The molecule has 3 aromatic rings. The van der Waals surface area contributed by atoms with Gasteiger partial charge in [-0.2, -0.15) is 0 Å². The molecule has 1 aliphatic heterocycles. The van der Waals surface area contributed by atoms with E-state index in [1.54, 1.807) is 12.1 Å². The molecule has 1 aliphatic rings. The molecular formula is C47H70N4O5. The van der Waals surface area contributed by atoms with Crippen LogP contribution in [0.25, 0.3) is 0 Å². The second kappa shape index (κ2) is 26.2. The van der Waals surface area contributed by atoms with Crippen LogP contribution in [0.1, 0.15) is 159 Å². The van der Waals surface area contributed by atoms with Gasteiger partial charge in [0, 0.05) is 37.1 Å². The van der Waals surface area contributed by atoms with Crippen molar-refractivity contribution in [1.29, 1.82) is 0 Å². The summed E-state index contributed by atoms with van der Waals surface area (Å²) in [4.78, 5) is 27.7. The second-order valence-electron chi connectivity index (χ2n) is 15.6. The number of nitrogens with one attached hydrogen (secondary N) is 2. The van der Waals surface area contributed by atoms with E-state index >= 15 is 0 Å². The minimum Gasteiger partial charge on any atom is -0.397 e. The van der Waals surface area contributed by atoms with Crippen molar-refractivity contribution >= 4 is 28.9 Å². The molecule has 5 N–H and O–H groups in total. The maximum atomic E-state index is 12.8. The lowest BCUT2D eigenvalue weighted by atomic mass is 9.99. The fraction of sp³-hybridized carbons (Fsp3) is 0.574. The first-order valence-corrected chi connectivity index (χ1v) is 21.7. The van der Waals surface area contributed by atoms with Crippen molar-refractivity contribution in [2.75, 3.05) is 36.0 Å². The van der Waals surface area contributed by atoms with Gasteiger partial charge in [0.15, 0.2) is 6.29 Å². The van der Waals surface area contributed by atoms with Crippen molar-refractivity contribution in [3.63, 3.8) is 0 Å². The number of nitrogens with two attached hydrogens (primary N) is 1. The van der Waals surface area contributed by atoms with E-state index in [1.807, 2.05) is 48.5 Å². The average Bonchev–Trinajstić information content (AvgIpc) is 3.21. The molecule has 2 amide bonds. The molecule has 308 valence electrons. The van der Waals surface area contributed by atoms with Gasteiger partial charge in [0.2, 0.25) is 11.8 Å². The molecule has 1 heterocycles. The molecule has 0 aromatic heterocycles. The maximum Gasteiger partial charge on any atom is 0.224 e. The van der Waals surface area contributed by atoms with Gasteiger partial charge in [-0.1, -0.05) is 133 Å². The predicted octanol–water partition coefficient (Wildman–Crippen LogP) is 10.9. The number of nitrogen functional groups attached to an aromatic ring is 1. The van der Waals surface area contributed by atoms with Crippen molar-refractivity contribution in [2.24, 2.45) is 0 Å². The van der Waals surface area contributed by atoms with Crippen molar-refractivity contribution in [2.45, 2.75) is 155 Å². The number of benzene rings is 3. The molecule has 0 radical (unpaired) electrons. The summed E-state index contributed by atoms with van der Waals surface area (Å²) in [7, 11) is 0. The highest BCUT2D eigenvalue weighted by Gasteiger charge is 2.33. The number of hydrogen-bond acceptors (Lipinski definition) is 7. The predicted molar refractivity (Wildman–Crippen MR) is 229 cm³/mol. The van der Waals surface area contributed by atoms with E-state index in [1.165, 1.54) is 77.0 Å². The van der Waals surface area contributed by atoms with Crippen LogP contribution in [0.2, 0.25) is 0 Å². The number of ether oxygens (including phenoxy) is 2. The fourth-order valence-corrected chi connectivity index (χ4v) is 7.37. The highest BCUT2D eigenvalue weighted by Crippen LogP contribution is 2.38. The summed E-state index contributed by atoms with van der Waals surface area (Å²) in [6.07, 6.45) is 18.5. The molecule has 0 aliphatic carbocycles. The lowest BCUT2D eigenvalue weighted by Gasteiger charge is -2.38. The van der Waals surface area contributed by atoms with Crippen LogP contribution in [0.5, 0.6) is 0 Å². The molecule has 0 saturated carbocycles. The van der Waals surface area contributed by atoms with E-state index in [0.29, 0.717) is 37.1 Å². The zero-order valence-corrected chi connectivity index (χ0v) is 34.3. The number of nitrogens with zero attached hydrogens (tertiary/aromatic N) is 1. The Balaban J connectivity index is 1.31. The van der Waals surface area contributed by atoms with Gasteiger partial charge in [-0.15, -0.1) is 0 Å². The molecule has 0 unspecified atom stereocenters. The third kappa shape index (κ3) is 16.8. The molecular weight excluding hydrogens is 701 g/mol. The Hall–Kier alpha value is -3.76. The molecule has 56 heavy (non-hydrogen) atoms. The Morgan fingerprint density at radius 1 is 0.679 bits per heavy atom. The van der Waals surface area contributed by atoms with Crippen LogP contribution in [0.15, 0.2) is 72.8 Å². The summed E-state index contributed by atoms with van der Waals surface area (Å²) in [5, 5.41) is 15.5. The molecule has 9 heteroatoms. The molecule has 3 aromatic carbocycles. The number of aliphatic hydroxyl groups excluding tert-OH is 1. The van der Waals surface area contributed by atoms with E-state index < -0.39 is 6.29 Å². The standard InChI is InChI=1S/C47H70N4O5/c1-3-5-7-9-11-18-32-51(33-19-12-10-8-6-4-2)35-41-34-44(38-26-24-37(36-52)25-27-38)56-47(55-41)39-28-30-40(31-29-39)49-45(53)22-14-13-15-23-46(54)50-43-21-17-16-20-42(43)48/h16-17,20-21,24-31,41,44,47,52H,3-15,18-19,22-23,32-36,48H2,1-2H3,(H,49,53)(H,50,54)/t41-,44+,47+/m1/s1. The quantitative estimate of drug-likeness (QED) is 0.0449. The number of para-hydroxylation sites is 2. The summed E-state index contributed by atoms with van der Waals surface area (Å²) < 4.78 is 13.4. The number of rotatable bonds is 27. The smallest absolute Gasteiger partial charge is 0.224 e. The Morgan fingerprint density at radius 2 is 1.23 bits per heavy atom. The summed E-state index contributed by atoms with van der Waals surface area (Å²) in [5.41, 5.74) is 10.7. The lowest BCUT2D eigenvalue weighted by Crippen LogP contribution is -2.40. The zero-order chi connectivity index (χ0) is 39.8. The molecule has 1 saturated heterocycles. The number of hydrogen-bond donors (Lipinski definition) is 4. The van der Waals surface area contributed by atoms with Gasteiger partial charge >= 0.3 is 0 Å². The van der Waals surface area contributed by atoms with Crippen molar-refractivity contribution in [1.82, 2.24) is 4.90 Å². The van der Waals surface area contributed by atoms with Crippen LogP contribution < -0.4 is 16.4 Å². The van der Waals surface area contributed by atoms with Gasteiger partial charge in [0.05, 0.1) is 30.2 Å². The summed E-state index contributed by atoms with van der Waals surface area (Å²) >= 11 is 0. The molecule has 3 atom stereocenters. The van der Waals surface area contributed by atoms with Crippen LogP contribution in [-0.4, -0.2) is 47.6 Å². The first-order chi connectivity index (χ1) is 27.4. The monoisotopic (exact) mass is 771 g/mol. The van der Waals surface area contributed by atoms with E-state index in [0.717, 1.165) is 54.9 Å². The number of unbranched alkanes of at least 4 members (excludes halogenated alkanes) is 12. The van der Waals surface area contributed by atoms with Crippen LogP contribution in [-0.2, 0) is 25.7 Å². The van der Waals surface area contributed by atoms with E-state index in [-0.39, 0.29) is 30.6 Å². The maximum absolute atomic E-state index is 12.8. The summed E-state index contributed by atoms with van der Waals surface area (Å²) in [6, 6.07) is 23.1. The van der Waals surface area contributed by atoms with E-state index in [2.05, 4.69) is 41.5 Å². The number of aliphatic hydroxyl groups is 1. The van der Waals surface area contributed by atoms with Crippen molar-refractivity contribution in [3.05, 3.63) is 89.5 Å². The summed E-state index contributed by atoms with van der Waals surface area (Å²) in [6.45, 7) is 7.61. The van der Waals surface area contributed by atoms with Gasteiger partial charge in [-0.25, -0.2) is 0 Å². The van der Waals surface area contributed by atoms with Crippen LogP contribution in [0.3, 0.4) is 0 Å². The van der Waals surface area contributed by atoms with Gasteiger partial charge in [-0.05, 0) is 74.2 Å². The van der Waals surface area contributed by atoms with Gasteiger partial charge in [0.25, 0.3) is 0 Å². The third-order valence-corrected chi connectivity index (χ3v) is 10.7. The lowest BCUT2D eigenvalue weighted by molar-refractivity contribution is -0.253. The first kappa shape index (κ1) is 44.9. The van der Waals surface area contributed by atoms with Gasteiger partial charge < -0.3 is 35.8 Å². The van der Waals surface area contributed by atoms with Crippen LogP contribution >= 0.6 is 0 Å². The summed E-state index contributed by atoms with van der Waals surface area (Å²) in [5.74, 6) is -0.124. The SMILES string of the molecule is CCCCCCCCN(CCCCCCCC)C[C@H]1C[C@@H](c2ccc(CO)cc2)O[C@@H](c2ccc(NC(=O)CCCCCC(=O)Nc3ccccc3N)cc2)O1.